The van der Waals surface area contributed by atoms with Crippen LogP contribution in [0.1, 0.15) is 40.9 Å². The molecule has 1 heterocycles. The van der Waals surface area contributed by atoms with Gasteiger partial charge in [-0.05, 0) is 31.0 Å². The van der Waals surface area contributed by atoms with Crippen LogP contribution in [0.4, 0.5) is 13.2 Å². The lowest BCUT2D eigenvalue weighted by atomic mass is 10.1. The molecule has 150 valence electrons. The van der Waals surface area contributed by atoms with Crippen LogP contribution in [-0.2, 0) is 19.0 Å². The molecule has 2 aromatic rings. The van der Waals surface area contributed by atoms with E-state index in [4.69, 9.17) is 0 Å². The predicted octanol–water partition coefficient (Wildman–Crippen LogP) is 4.81. The lowest BCUT2D eigenvalue weighted by Crippen LogP contribution is -2.39. The topological polar surface area (TPSA) is 49.3 Å². The first-order valence-corrected chi connectivity index (χ1v) is 9.23. The van der Waals surface area contributed by atoms with Crippen LogP contribution in [0, 0.1) is 0 Å². The van der Waals surface area contributed by atoms with Gasteiger partial charge in [-0.15, -0.1) is 35.3 Å². The van der Waals surface area contributed by atoms with Crippen LogP contribution >= 0.6 is 35.3 Å². The molecule has 27 heavy (non-hydrogen) atoms. The fraction of sp³-hybridized carbons (Fsp3) is 0.444. The molecule has 0 saturated heterocycles. The van der Waals surface area contributed by atoms with Crippen molar-refractivity contribution in [3.05, 3.63) is 51.5 Å². The van der Waals surface area contributed by atoms with Crippen molar-refractivity contribution < 1.29 is 13.2 Å². The van der Waals surface area contributed by atoms with Crippen molar-refractivity contribution in [3.63, 3.8) is 0 Å². The van der Waals surface area contributed by atoms with Crippen molar-refractivity contribution in [2.24, 2.45) is 4.99 Å². The van der Waals surface area contributed by atoms with Gasteiger partial charge in [0.15, 0.2) is 5.96 Å². The molecule has 0 aliphatic heterocycles. The Balaban J connectivity index is 0.00000364. The number of hydrogen-bond donors (Lipinski definition) is 2. The number of hydrogen-bond acceptors (Lipinski definition) is 3. The molecule has 1 aromatic carbocycles. The maximum Gasteiger partial charge on any atom is 0.416 e. The number of alkyl halides is 3. The molecule has 0 saturated carbocycles. The van der Waals surface area contributed by atoms with Crippen molar-refractivity contribution in [3.8, 4) is 0 Å². The van der Waals surface area contributed by atoms with Crippen LogP contribution in [0.15, 0.2) is 35.5 Å². The lowest BCUT2D eigenvalue weighted by molar-refractivity contribution is -0.137. The number of guanidine groups is 1. The van der Waals surface area contributed by atoms with Gasteiger partial charge in [-0.3, -0.25) is 4.99 Å². The molecule has 1 atom stereocenters. The lowest BCUT2D eigenvalue weighted by Gasteiger charge is -2.19. The molecule has 0 aliphatic carbocycles. The van der Waals surface area contributed by atoms with Crippen molar-refractivity contribution in [2.75, 3.05) is 13.6 Å². The number of rotatable bonds is 6. The third-order valence-corrected chi connectivity index (χ3v) is 5.07. The van der Waals surface area contributed by atoms with Gasteiger partial charge >= 0.3 is 6.18 Å². The van der Waals surface area contributed by atoms with E-state index < -0.39 is 11.7 Å². The smallest absolute Gasteiger partial charge is 0.356 e. The molecule has 0 amide bonds. The Morgan fingerprint density at radius 3 is 2.67 bits per heavy atom. The quantitative estimate of drug-likeness (QED) is 0.332. The standard InChI is InChI=1S/C18H23F3N4S.HI/c1-4-15-11-24-16(26-15)8-9-23-17(22-3)25-12(2)13-6-5-7-14(10-13)18(19,20)21;/h5-7,10-12H,4,8-9H2,1-3H3,(H2,22,23,25);1H. The van der Waals surface area contributed by atoms with E-state index in [9.17, 15) is 13.2 Å². The van der Waals surface area contributed by atoms with Gasteiger partial charge in [0, 0.05) is 31.1 Å². The van der Waals surface area contributed by atoms with E-state index in [1.54, 1.807) is 31.4 Å². The molecule has 4 nitrogen and oxygen atoms in total. The zero-order chi connectivity index (χ0) is 19.2. The molecule has 2 rings (SSSR count). The Kier molecular flexibility index (Phi) is 9.51. The van der Waals surface area contributed by atoms with Gasteiger partial charge in [0.2, 0.25) is 0 Å². The van der Waals surface area contributed by atoms with E-state index in [-0.39, 0.29) is 30.0 Å². The summed E-state index contributed by atoms with van der Waals surface area (Å²) in [5, 5.41) is 7.34. The van der Waals surface area contributed by atoms with Crippen molar-refractivity contribution >= 4 is 41.3 Å². The Morgan fingerprint density at radius 2 is 2.07 bits per heavy atom. The minimum absolute atomic E-state index is 0. The number of nitrogens with one attached hydrogen (secondary N) is 2. The highest BCUT2D eigenvalue weighted by atomic mass is 127. The number of nitrogens with zero attached hydrogens (tertiary/aromatic N) is 2. The third kappa shape index (κ3) is 7.28. The van der Waals surface area contributed by atoms with E-state index >= 15 is 0 Å². The second-order valence-corrected chi connectivity index (χ2v) is 7.01. The van der Waals surface area contributed by atoms with Crippen LogP contribution in [0.2, 0.25) is 0 Å². The molecule has 1 unspecified atom stereocenters. The molecule has 0 fully saturated rings. The third-order valence-electron chi connectivity index (χ3n) is 3.87. The van der Waals surface area contributed by atoms with E-state index in [0.29, 0.717) is 18.1 Å². The van der Waals surface area contributed by atoms with Gasteiger partial charge in [0.25, 0.3) is 0 Å². The summed E-state index contributed by atoms with van der Waals surface area (Å²) in [5.74, 6) is 0.544. The Labute approximate surface area is 178 Å². The number of aromatic nitrogens is 1. The maximum absolute atomic E-state index is 12.9. The normalized spacial score (nSPS) is 13.0. The van der Waals surface area contributed by atoms with Crippen molar-refractivity contribution in [2.45, 2.75) is 38.9 Å². The van der Waals surface area contributed by atoms with Gasteiger partial charge in [-0.25, -0.2) is 4.98 Å². The summed E-state index contributed by atoms with van der Waals surface area (Å²) in [4.78, 5) is 9.75. The summed E-state index contributed by atoms with van der Waals surface area (Å²) in [6.45, 7) is 4.54. The minimum atomic E-state index is -4.35. The summed E-state index contributed by atoms with van der Waals surface area (Å²) in [5.41, 5.74) is -0.0996. The van der Waals surface area contributed by atoms with Gasteiger partial charge in [-0.2, -0.15) is 13.2 Å². The molecule has 0 bridgehead atoms. The maximum atomic E-state index is 12.9. The molecule has 0 aliphatic rings. The number of aryl methyl sites for hydroxylation is 1. The minimum Gasteiger partial charge on any atom is -0.356 e. The van der Waals surface area contributed by atoms with Gasteiger partial charge in [-0.1, -0.05) is 19.1 Å². The summed E-state index contributed by atoms with van der Waals surface area (Å²) < 4.78 is 38.6. The predicted molar refractivity (Wildman–Crippen MR) is 115 cm³/mol. The second-order valence-electron chi connectivity index (χ2n) is 5.81. The molecular weight excluding hydrogens is 488 g/mol. The molecule has 9 heteroatoms. The second kappa shape index (κ2) is 10.8. The van der Waals surface area contributed by atoms with Crippen LogP contribution in [-0.4, -0.2) is 24.5 Å². The average Bonchev–Trinajstić information content (AvgIpc) is 3.08. The molecule has 1 aromatic heterocycles. The molecule has 0 radical (unpaired) electrons. The molecule has 2 N–H and O–H groups in total. The van der Waals surface area contributed by atoms with Gasteiger partial charge in [0.05, 0.1) is 16.6 Å². The van der Waals surface area contributed by atoms with E-state index in [0.717, 1.165) is 30.0 Å². The highest BCUT2D eigenvalue weighted by Crippen LogP contribution is 2.30. The van der Waals surface area contributed by atoms with E-state index in [1.165, 1.54) is 10.9 Å². The Hall–Kier alpha value is -1.36. The fourth-order valence-electron chi connectivity index (χ4n) is 2.38. The first-order valence-electron chi connectivity index (χ1n) is 8.41. The number of benzene rings is 1. The largest absolute Gasteiger partial charge is 0.416 e. The first kappa shape index (κ1) is 23.7. The summed E-state index contributed by atoms with van der Waals surface area (Å²) in [6, 6.07) is 5.01. The number of thiazole rings is 1. The summed E-state index contributed by atoms with van der Waals surface area (Å²) in [6.07, 6.45) is -0.713. The van der Waals surface area contributed by atoms with Crippen LogP contribution in [0.5, 0.6) is 0 Å². The zero-order valence-corrected chi connectivity index (χ0v) is 18.6. The highest BCUT2D eigenvalue weighted by molar-refractivity contribution is 14.0. The van der Waals surface area contributed by atoms with Gasteiger partial charge < -0.3 is 10.6 Å². The van der Waals surface area contributed by atoms with Crippen LogP contribution in [0.25, 0.3) is 0 Å². The highest BCUT2D eigenvalue weighted by Gasteiger charge is 2.30. The number of aliphatic imine (C=N–C) groups is 1. The fourth-order valence-corrected chi connectivity index (χ4v) is 3.24. The summed E-state index contributed by atoms with van der Waals surface area (Å²) in [7, 11) is 1.63. The molecular formula is C18H24F3IN4S. The van der Waals surface area contributed by atoms with E-state index in [1.807, 2.05) is 6.20 Å². The first-order chi connectivity index (χ1) is 12.3. The summed E-state index contributed by atoms with van der Waals surface area (Å²) >= 11 is 1.69. The Morgan fingerprint density at radius 1 is 1.33 bits per heavy atom. The van der Waals surface area contributed by atoms with Crippen molar-refractivity contribution in [1.82, 2.24) is 15.6 Å². The zero-order valence-electron chi connectivity index (χ0n) is 15.4. The van der Waals surface area contributed by atoms with E-state index in [2.05, 4.69) is 27.5 Å². The SMILES string of the molecule is CCc1cnc(CCNC(=NC)NC(C)c2cccc(C(F)(F)F)c2)s1.I. The van der Waals surface area contributed by atoms with Crippen LogP contribution < -0.4 is 10.6 Å². The number of halogens is 4. The van der Waals surface area contributed by atoms with Crippen molar-refractivity contribution in [1.29, 1.82) is 0 Å². The average molecular weight is 512 g/mol. The van der Waals surface area contributed by atoms with Crippen LogP contribution in [0.3, 0.4) is 0 Å². The van der Waals surface area contributed by atoms with Gasteiger partial charge in [0.1, 0.15) is 0 Å². The molecule has 0 spiro atoms. The Bertz CT molecular complexity index is 746. The monoisotopic (exact) mass is 512 g/mol.